The number of rotatable bonds is 8. The molecule has 0 bridgehead atoms. The lowest BCUT2D eigenvalue weighted by atomic mass is 10.1. The van der Waals surface area contributed by atoms with E-state index in [1.165, 1.54) is 0 Å². The van der Waals surface area contributed by atoms with Crippen LogP contribution in [0.25, 0.3) is 0 Å². The maximum Gasteiger partial charge on any atom is 0.251 e. The van der Waals surface area contributed by atoms with Crippen LogP contribution < -0.4 is 10.1 Å². The van der Waals surface area contributed by atoms with Gasteiger partial charge >= 0.3 is 0 Å². The first kappa shape index (κ1) is 21.5. The molecule has 6 nitrogen and oxygen atoms in total. The van der Waals surface area contributed by atoms with Crippen LogP contribution in [0.3, 0.4) is 0 Å². The summed E-state index contributed by atoms with van der Waals surface area (Å²) in [6.45, 7) is 4.56. The van der Waals surface area contributed by atoms with Gasteiger partial charge < -0.3 is 10.1 Å². The molecule has 1 heterocycles. The third-order valence-corrected chi connectivity index (χ3v) is 6.31. The van der Waals surface area contributed by atoms with Gasteiger partial charge in [0.2, 0.25) is 0 Å². The first-order valence-electron chi connectivity index (χ1n) is 9.61. The van der Waals surface area contributed by atoms with E-state index in [9.17, 15) is 13.2 Å². The normalized spacial score (nSPS) is 11.1. The second-order valence-electron chi connectivity index (χ2n) is 6.85. The van der Waals surface area contributed by atoms with Gasteiger partial charge in [-0.1, -0.05) is 12.1 Å². The number of ether oxygens (including phenoxy) is 1. The maximum atomic E-state index is 12.9. The lowest BCUT2D eigenvalue weighted by Crippen LogP contribution is -2.23. The average molecular weight is 425 g/mol. The highest BCUT2D eigenvalue weighted by Crippen LogP contribution is 2.22. The summed E-state index contributed by atoms with van der Waals surface area (Å²) in [7, 11) is -3.56. The minimum absolute atomic E-state index is 0.184. The molecule has 0 spiro atoms. The Morgan fingerprint density at radius 2 is 1.87 bits per heavy atom. The molecule has 0 radical (unpaired) electrons. The number of benzene rings is 2. The van der Waals surface area contributed by atoms with Crippen LogP contribution in [0.15, 0.2) is 71.9 Å². The second-order valence-corrected chi connectivity index (χ2v) is 8.84. The first-order chi connectivity index (χ1) is 14.4. The molecule has 1 N–H and O–H groups in total. The number of nitrogens with one attached hydrogen (secondary N) is 1. The molecule has 156 valence electrons. The van der Waals surface area contributed by atoms with Gasteiger partial charge in [0.05, 0.1) is 17.3 Å². The third kappa shape index (κ3) is 5.45. The second kappa shape index (κ2) is 9.54. The van der Waals surface area contributed by atoms with Crippen molar-refractivity contribution >= 4 is 15.7 Å². The van der Waals surface area contributed by atoms with Crippen molar-refractivity contribution in [2.45, 2.75) is 31.0 Å². The van der Waals surface area contributed by atoms with E-state index in [0.29, 0.717) is 30.0 Å². The summed E-state index contributed by atoms with van der Waals surface area (Å²) in [5, 5.41) is 2.83. The molecule has 1 amide bonds. The number of pyridine rings is 1. The molecule has 0 fully saturated rings. The molecular formula is C23H24N2O4S. The predicted octanol–water partition coefficient (Wildman–Crippen LogP) is 3.69. The molecule has 7 heteroatoms. The van der Waals surface area contributed by atoms with Gasteiger partial charge in [0, 0.05) is 24.5 Å². The summed E-state index contributed by atoms with van der Waals surface area (Å²) >= 11 is 0. The number of hydrogen-bond acceptors (Lipinski definition) is 5. The highest BCUT2D eigenvalue weighted by atomic mass is 32.2. The van der Waals surface area contributed by atoms with Gasteiger partial charge in [-0.15, -0.1) is 0 Å². The van der Waals surface area contributed by atoms with Crippen molar-refractivity contribution < 1.29 is 17.9 Å². The monoisotopic (exact) mass is 424 g/mol. The maximum absolute atomic E-state index is 12.9. The third-order valence-electron chi connectivity index (χ3n) is 4.63. The van der Waals surface area contributed by atoms with E-state index in [2.05, 4.69) is 10.3 Å². The van der Waals surface area contributed by atoms with Crippen molar-refractivity contribution in [2.75, 3.05) is 6.61 Å². The van der Waals surface area contributed by atoms with E-state index in [1.54, 1.807) is 60.9 Å². The van der Waals surface area contributed by atoms with Crippen LogP contribution in [0.2, 0.25) is 0 Å². The Morgan fingerprint density at radius 3 is 2.53 bits per heavy atom. The Labute approximate surface area is 176 Å². The number of carbonyl (C=O) groups is 1. The molecule has 3 aromatic rings. The Kier molecular flexibility index (Phi) is 6.84. The Hall–Kier alpha value is -3.19. The highest BCUT2D eigenvalue weighted by molar-refractivity contribution is 7.90. The zero-order valence-electron chi connectivity index (χ0n) is 17.0. The smallest absolute Gasteiger partial charge is 0.251 e. The molecule has 2 aromatic carbocycles. The van der Waals surface area contributed by atoms with Gasteiger partial charge in [0.1, 0.15) is 5.75 Å². The Bertz CT molecular complexity index is 1110. The fourth-order valence-corrected chi connectivity index (χ4v) is 4.39. The van der Waals surface area contributed by atoms with Gasteiger partial charge in [-0.3, -0.25) is 9.78 Å². The van der Waals surface area contributed by atoms with Crippen molar-refractivity contribution in [1.82, 2.24) is 10.3 Å². The molecular weight excluding hydrogens is 400 g/mol. The fraction of sp³-hybridized carbons (Fsp3) is 0.217. The zero-order valence-corrected chi connectivity index (χ0v) is 17.8. The Morgan fingerprint density at radius 1 is 1.10 bits per heavy atom. The Balaban J connectivity index is 1.75. The minimum Gasteiger partial charge on any atom is -0.494 e. The van der Waals surface area contributed by atoms with Crippen LogP contribution in [0.5, 0.6) is 5.75 Å². The number of hydrogen-bond donors (Lipinski definition) is 1. The number of nitrogens with zero attached hydrogens (tertiary/aromatic N) is 1. The van der Waals surface area contributed by atoms with E-state index in [4.69, 9.17) is 4.74 Å². The van der Waals surface area contributed by atoms with Crippen LogP contribution in [-0.2, 0) is 22.1 Å². The number of aromatic nitrogens is 1. The molecule has 0 saturated carbocycles. The van der Waals surface area contributed by atoms with E-state index in [0.717, 1.165) is 11.1 Å². The standard InChI is InChI=1S/C23H24N2O4S/c1-3-29-21-8-10-22(11-9-21)30(27,28)16-20-13-19(7-6-17(20)2)23(26)25-15-18-5-4-12-24-14-18/h4-14H,3,15-16H2,1-2H3,(H,25,26). The summed E-state index contributed by atoms with van der Waals surface area (Å²) in [5.74, 6) is 0.176. The predicted molar refractivity (Wildman–Crippen MR) is 115 cm³/mol. The van der Waals surface area contributed by atoms with Crippen LogP contribution in [-0.4, -0.2) is 25.9 Å². The number of sulfone groups is 1. The topological polar surface area (TPSA) is 85.4 Å². The molecule has 30 heavy (non-hydrogen) atoms. The summed E-state index contributed by atoms with van der Waals surface area (Å²) in [5.41, 5.74) is 2.71. The van der Waals surface area contributed by atoms with E-state index in [1.807, 2.05) is 19.9 Å². The average Bonchev–Trinajstić information content (AvgIpc) is 2.75. The van der Waals surface area contributed by atoms with Crippen LogP contribution in [0.1, 0.15) is 34.0 Å². The van der Waals surface area contributed by atoms with Crippen molar-refractivity contribution in [3.8, 4) is 5.75 Å². The van der Waals surface area contributed by atoms with Gasteiger partial charge in [-0.2, -0.15) is 0 Å². The fourth-order valence-electron chi connectivity index (χ4n) is 2.95. The van der Waals surface area contributed by atoms with Crippen LogP contribution in [0.4, 0.5) is 0 Å². The lowest BCUT2D eigenvalue weighted by molar-refractivity contribution is 0.0950. The van der Waals surface area contributed by atoms with E-state index in [-0.39, 0.29) is 16.6 Å². The van der Waals surface area contributed by atoms with Gasteiger partial charge in [-0.25, -0.2) is 8.42 Å². The van der Waals surface area contributed by atoms with E-state index >= 15 is 0 Å². The number of aryl methyl sites for hydroxylation is 1. The molecule has 0 aliphatic carbocycles. The molecule has 3 rings (SSSR count). The lowest BCUT2D eigenvalue weighted by Gasteiger charge is -2.11. The molecule has 1 aromatic heterocycles. The van der Waals surface area contributed by atoms with Crippen molar-refractivity contribution in [3.63, 3.8) is 0 Å². The van der Waals surface area contributed by atoms with Gasteiger partial charge in [-0.05, 0) is 73.0 Å². The summed E-state index contributed by atoms with van der Waals surface area (Å²) in [6, 6.07) is 15.1. The number of carbonyl (C=O) groups excluding carboxylic acids is 1. The van der Waals surface area contributed by atoms with Crippen molar-refractivity contribution in [1.29, 1.82) is 0 Å². The summed E-state index contributed by atoms with van der Waals surface area (Å²) in [6.07, 6.45) is 3.35. The molecule has 0 atom stereocenters. The molecule has 0 aliphatic rings. The van der Waals surface area contributed by atoms with Crippen LogP contribution >= 0.6 is 0 Å². The SMILES string of the molecule is CCOc1ccc(S(=O)(=O)Cc2cc(C(=O)NCc3cccnc3)ccc2C)cc1. The minimum atomic E-state index is -3.56. The summed E-state index contributed by atoms with van der Waals surface area (Å²) in [4.78, 5) is 16.8. The highest BCUT2D eigenvalue weighted by Gasteiger charge is 2.18. The van der Waals surface area contributed by atoms with Crippen LogP contribution in [0, 0.1) is 6.92 Å². The quantitative estimate of drug-likeness (QED) is 0.596. The van der Waals surface area contributed by atoms with Crippen molar-refractivity contribution in [3.05, 3.63) is 89.2 Å². The summed E-state index contributed by atoms with van der Waals surface area (Å²) < 4.78 is 31.1. The molecule has 0 saturated heterocycles. The number of amides is 1. The first-order valence-corrected chi connectivity index (χ1v) is 11.3. The van der Waals surface area contributed by atoms with Gasteiger partial charge in [0.25, 0.3) is 5.91 Å². The zero-order chi connectivity index (χ0) is 21.6. The van der Waals surface area contributed by atoms with E-state index < -0.39 is 9.84 Å². The van der Waals surface area contributed by atoms with Gasteiger partial charge in [0.15, 0.2) is 9.84 Å². The molecule has 0 aliphatic heterocycles. The molecule has 0 unspecified atom stereocenters. The van der Waals surface area contributed by atoms with Crippen molar-refractivity contribution in [2.24, 2.45) is 0 Å². The largest absolute Gasteiger partial charge is 0.494 e.